The lowest BCUT2D eigenvalue weighted by Gasteiger charge is -2.42. The van der Waals surface area contributed by atoms with Crippen molar-refractivity contribution >= 4 is 28.8 Å². The van der Waals surface area contributed by atoms with E-state index in [1.54, 1.807) is 0 Å². The first-order valence-electron chi connectivity index (χ1n) is 10.1. The Morgan fingerprint density at radius 1 is 1.14 bits per heavy atom. The maximum atomic E-state index is 12.3. The van der Waals surface area contributed by atoms with Crippen molar-refractivity contribution in [2.45, 2.75) is 46.1 Å². The van der Waals surface area contributed by atoms with Gasteiger partial charge in [0.25, 0.3) is 0 Å². The first-order chi connectivity index (χ1) is 13.5. The van der Waals surface area contributed by atoms with Gasteiger partial charge in [0, 0.05) is 28.9 Å². The fourth-order valence-corrected chi connectivity index (χ4v) is 4.52. The summed E-state index contributed by atoms with van der Waals surface area (Å²) in [5.41, 5.74) is 5.22. The zero-order chi connectivity index (χ0) is 20.3. The Bertz CT molecular complexity index is 875. The standard InChI is InChI=1S/C24H28ClNO2/c1-4-9-19(24(27)28)22-16(3)26(14-5-2)21-13-12-18(25)15-20(21)23(22)17-10-7-6-8-11-17/h6-8,10-13,15-16,19H,4-5,9,14H2,1-3H3,(H,27,28). The summed E-state index contributed by atoms with van der Waals surface area (Å²) in [4.78, 5) is 14.6. The fraction of sp³-hybridized carbons (Fsp3) is 0.375. The Hall–Kier alpha value is -2.26. The number of hydrogen-bond donors (Lipinski definition) is 1. The molecule has 0 aliphatic carbocycles. The van der Waals surface area contributed by atoms with Gasteiger partial charge in [0.2, 0.25) is 0 Å². The number of benzene rings is 2. The molecule has 0 fully saturated rings. The SMILES string of the molecule is CCCC(C(=O)O)C1=C(c2ccccc2)c2cc(Cl)ccc2N(CCC)C1C. The van der Waals surface area contributed by atoms with Crippen molar-refractivity contribution in [2.24, 2.45) is 5.92 Å². The number of anilines is 1. The third-order valence-corrected chi connectivity index (χ3v) is 5.76. The molecule has 3 rings (SSSR count). The van der Waals surface area contributed by atoms with Gasteiger partial charge in [-0.15, -0.1) is 0 Å². The van der Waals surface area contributed by atoms with Crippen LogP contribution in [0.15, 0.2) is 54.1 Å². The number of fused-ring (bicyclic) bond motifs is 1. The van der Waals surface area contributed by atoms with E-state index in [-0.39, 0.29) is 6.04 Å². The van der Waals surface area contributed by atoms with Gasteiger partial charge in [0.15, 0.2) is 0 Å². The molecule has 1 heterocycles. The monoisotopic (exact) mass is 397 g/mol. The van der Waals surface area contributed by atoms with E-state index in [4.69, 9.17) is 11.6 Å². The van der Waals surface area contributed by atoms with Gasteiger partial charge < -0.3 is 10.0 Å². The van der Waals surface area contributed by atoms with Crippen LogP contribution in [0, 0.1) is 5.92 Å². The molecular weight excluding hydrogens is 370 g/mol. The van der Waals surface area contributed by atoms with Crippen LogP contribution in [0.4, 0.5) is 5.69 Å². The summed E-state index contributed by atoms with van der Waals surface area (Å²) in [7, 11) is 0. The quantitative estimate of drug-likeness (QED) is 0.599. The number of nitrogens with zero attached hydrogens (tertiary/aromatic N) is 1. The van der Waals surface area contributed by atoms with Gasteiger partial charge in [-0.05, 0) is 54.7 Å². The summed E-state index contributed by atoms with van der Waals surface area (Å²) < 4.78 is 0. The average molecular weight is 398 g/mol. The van der Waals surface area contributed by atoms with E-state index in [0.717, 1.165) is 47.3 Å². The molecule has 0 spiro atoms. The second kappa shape index (κ2) is 8.83. The highest BCUT2D eigenvalue weighted by molar-refractivity contribution is 6.31. The van der Waals surface area contributed by atoms with E-state index in [0.29, 0.717) is 11.4 Å². The zero-order valence-electron chi connectivity index (χ0n) is 16.8. The van der Waals surface area contributed by atoms with Gasteiger partial charge >= 0.3 is 5.97 Å². The van der Waals surface area contributed by atoms with E-state index in [9.17, 15) is 9.90 Å². The molecule has 4 heteroatoms. The van der Waals surface area contributed by atoms with Crippen LogP contribution >= 0.6 is 11.6 Å². The molecule has 0 bridgehead atoms. The number of rotatable bonds is 7. The minimum atomic E-state index is -0.751. The van der Waals surface area contributed by atoms with E-state index >= 15 is 0 Å². The highest BCUT2D eigenvalue weighted by Gasteiger charge is 2.37. The molecule has 1 aliphatic rings. The molecule has 0 aromatic heterocycles. The molecule has 0 saturated heterocycles. The van der Waals surface area contributed by atoms with Crippen LogP contribution in [-0.4, -0.2) is 23.7 Å². The smallest absolute Gasteiger partial charge is 0.310 e. The minimum absolute atomic E-state index is 0.0106. The Balaban J connectivity index is 2.35. The van der Waals surface area contributed by atoms with Crippen molar-refractivity contribution < 1.29 is 9.90 Å². The van der Waals surface area contributed by atoms with Crippen molar-refractivity contribution in [1.82, 2.24) is 0 Å². The van der Waals surface area contributed by atoms with Crippen LogP contribution in [0.25, 0.3) is 5.57 Å². The molecule has 1 N–H and O–H groups in total. The van der Waals surface area contributed by atoms with Gasteiger partial charge in [-0.1, -0.05) is 62.2 Å². The molecule has 148 valence electrons. The maximum absolute atomic E-state index is 12.3. The molecule has 2 unspecified atom stereocenters. The highest BCUT2D eigenvalue weighted by Crippen LogP contribution is 2.45. The summed E-state index contributed by atoms with van der Waals surface area (Å²) in [6.07, 6.45) is 2.44. The first-order valence-corrected chi connectivity index (χ1v) is 10.5. The molecule has 0 amide bonds. The number of carboxylic acids is 1. The molecule has 2 aromatic rings. The Morgan fingerprint density at radius 2 is 1.86 bits per heavy atom. The lowest BCUT2D eigenvalue weighted by atomic mass is 9.77. The van der Waals surface area contributed by atoms with Crippen LogP contribution < -0.4 is 4.90 Å². The second-order valence-electron chi connectivity index (χ2n) is 7.41. The summed E-state index contributed by atoms with van der Waals surface area (Å²) in [5, 5.41) is 10.7. The van der Waals surface area contributed by atoms with Crippen LogP contribution in [-0.2, 0) is 4.79 Å². The molecular formula is C24H28ClNO2. The van der Waals surface area contributed by atoms with Gasteiger partial charge in [0.1, 0.15) is 0 Å². The Kier molecular flexibility index (Phi) is 6.46. The number of carbonyl (C=O) groups is 1. The lowest BCUT2D eigenvalue weighted by Crippen LogP contribution is -2.42. The number of carboxylic acid groups (broad SMARTS) is 1. The van der Waals surface area contributed by atoms with Crippen molar-refractivity contribution in [1.29, 1.82) is 0 Å². The third kappa shape index (κ3) is 3.81. The van der Waals surface area contributed by atoms with Crippen molar-refractivity contribution in [3.05, 3.63) is 70.3 Å². The normalized spacial score (nSPS) is 17.4. The molecule has 3 nitrogen and oxygen atoms in total. The van der Waals surface area contributed by atoms with Gasteiger partial charge in [-0.3, -0.25) is 4.79 Å². The summed E-state index contributed by atoms with van der Waals surface area (Å²) in [6, 6.07) is 16.1. The van der Waals surface area contributed by atoms with Crippen molar-refractivity contribution in [3.63, 3.8) is 0 Å². The number of halogens is 1. The van der Waals surface area contributed by atoms with Crippen LogP contribution in [0.5, 0.6) is 0 Å². The Morgan fingerprint density at radius 3 is 2.46 bits per heavy atom. The van der Waals surface area contributed by atoms with Crippen molar-refractivity contribution in [3.8, 4) is 0 Å². The predicted octanol–water partition coefficient (Wildman–Crippen LogP) is 6.26. The topological polar surface area (TPSA) is 40.5 Å². The summed E-state index contributed by atoms with van der Waals surface area (Å²) in [5.74, 6) is -1.26. The Labute approximate surface area is 172 Å². The first kappa shape index (κ1) is 20.5. The lowest BCUT2D eigenvalue weighted by molar-refractivity contribution is -0.140. The summed E-state index contributed by atoms with van der Waals surface area (Å²) >= 11 is 6.38. The molecule has 28 heavy (non-hydrogen) atoms. The number of hydrogen-bond acceptors (Lipinski definition) is 2. The van der Waals surface area contributed by atoms with Crippen molar-refractivity contribution in [2.75, 3.05) is 11.4 Å². The van der Waals surface area contributed by atoms with Crippen LogP contribution in [0.1, 0.15) is 51.2 Å². The molecule has 1 aliphatic heterocycles. The highest BCUT2D eigenvalue weighted by atomic mass is 35.5. The minimum Gasteiger partial charge on any atom is -0.481 e. The van der Waals surface area contributed by atoms with E-state index in [1.165, 1.54) is 0 Å². The zero-order valence-corrected chi connectivity index (χ0v) is 17.5. The summed E-state index contributed by atoms with van der Waals surface area (Å²) in [6.45, 7) is 7.21. The largest absolute Gasteiger partial charge is 0.481 e. The maximum Gasteiger partial charge on any atom is 0.310 e. The van der Waals surface area contributed by atoms with Gasteiger partial charge in [0.05, 0.1) is 5.92 Å². The van der Waals surface area contributed by atoms with Gasteiger partial charge in [-0.25, -0.2) is 0 Å². The van der Waals surface area contributed by atoms with E-state index < -0.39 is 11.9 Å². The molecule has 0 saturated carbocycles. The molecule has 2 atom stereocenters. The van der Waals surface area contributed by atoms with Crippen LogP contribution in [0.3, 0.4) is 0 Å². The molecule has 0 radical (unpaired) electrons. The molecule has 2 aromatic carbocycles. The van der Waals surface area contributed by atoms with E-state index in [1.807, 2.05) is 37.3 Å². The predicted molar refractivity (Wildman–Crippen MR) is 117 cm³/mol. The number of aliphatic carboxylic acids is 1. The third-order valence-electron chi connectivity index (χ3n) is 5.52. The fourth-order valence-electron chi connectivity index (χ4n) is 4.35. The van der Waals surface area contributed by atoms with E-state index in [2.05, 4.69) is 36.9 Å². The van der Waals surface area contributed by atoms with Crippen LogP contribution in [0.2, 0.25) is 5.02 Å². The second-order valence-corrected chi connectivity index (χ2v) is 7.84. The van der Waals surface area contributed by atoms with Gasteiger partial charge in [-0.2, -0.15) is 0 Å². The average Bonchev–Trinajstić information content (AvgIpc) is 2.68.